The molecular formula is C12H17NO2. The Bertz CT molecular complexity index is 268. The summed E-state index contributed by atoms with van der Waals surface area (Å²) in [5.74, 6) is 0.861. The van der Waals surface area contributed by atoms with Gasteiger partial charge >= 0.3 is 0 Å². The molecule has 15 heavy (non-hydrogen) atoms. The van der Waals surface area contributed by atoms with Gasteiger partial charge in [-0.15, -0.1) is 4.91 Å². The van der Waals surface area contributed by atoms with Crippen molar-refractivity contribution in [2.75, 3.05) is 0 Å². The van der Waals surface area contributed by atoms with E-state index in [9.17, 15) is 0 Å². The van der Waals surface area contributed by atoms with E-state index < -0.39 is 0 Å². The lowest BCUT2D eigenvalue weighted by atomic mass is 9.84. The molecule has 0 aromatic heterocycles. The van der Waals surface area contributed by atoms with Crippen LogP contribution in [0.3, 0.4) is 0 Å². The van der Waals surface area contributed by atoms with Gasteiger partial charge in [-0.1, -0.05) is 49.6 Å². The second kappa shape index (κ2) is 6.98. The van der Waals surface area contributed by atoms with Gasteiger partial charge in [0.1, 0.15) is 0 Å². The van der Waals surface area contributed by atoms with Crippen molar-refractivity contribution in [2.24, 2.45) is 5.34 Å². The highest BCUT2D eigenvalue weighted by Crippen LogP contribution is 2.31. The van der Waals surface area contributed by atoms with Crippen LogP contribution in [0.1, 0.15) is 43.6 Å². The molecule has 1 aliphatic carbocycles. The molecule has 82 valence electrons. The first-order chi connectivity index (χ1) is 7.38. The van der Waals surface area contributed by atoms with Gasteiger partial charge in [0, 0.05) is 0 Å². The Balaban J connectivity index is 0.000000337. The largest absolute Gasteiger partial charge is 0.379 e. The van der Waals surface area contributed by atoms with E-state index in [0.29, 0.717) is 0 Å². The first-order valence-corrected chi connectivity index (χ1v) is 5.40. The molecule has 1 saturated carbocycles. The molecule has 0 radical (unpaired) electrons. The molecule has 1 N–H and O–H groups in total. The van der Waals surface area contributed by atoms with E-state index >= 15 is 0 Å². The van der Waals surface area contributed by atoms with Crippen LogP contribution in [0.25, 0.3) is 0 Å². The van der Waals surface area contributed by atoms with Crippen LogP contribution < -0.4 is 0 Å². The molecule has 0 spiro atoms. The second-order valence-electron chi connectivity index (χ2n) is 3.83. The third kappa shape index (κ3) is 4.11. The molecule has 1 aliphatic rings. The van der Waals surface area contributed by atoms with Crippen LogP contribution in [0.5, 0.6) is 0 Å². The van der Waals surface area contributed by atoms with Gasteiger partial charge < -0.3 is 5.21 Å². The quantitative estimate of drug-likeness (QED) is 0.561. The fourth-order valence-corrected chi connectivity index (χ4v) is 2.16. The van der Waals surface area contributed by atoms with Crippen LogP contribution in [-0.4, -0.2) is 5.21 Å². The van der Waals surface area contributed by atoms with Gasteiger partial charge in [0.2, 0.25) is 0 Å². The maximum atomic E-state index is 8.11. The van der Waals surface area contributed by atoms with Crippen molar-refractivity contribution in [1.29, 1.82) is 0 Å². The fraction of sp³-hybridized carbons (Fsp3) is 0.500. The lowest BCUT2D eigenvalue weighted by Gasteiger charge is -2.21. The Kier molecular flexibility index (Phi) is 5.44. The van der Waals surface area contributed by atoms with Gasteiger partial charge in [0.25, 0.3) is 0 Å². The van der Waals surface area contributed by atoms with E-state index in [2.05, 4.69) is 30.3 Å². The zero-order chi connectivity index (χ0) is 10.9. The highest BCUT2D eigenvalue weighted by molar-refractivity contribution is 5.19. The lowest BCUT2D eigenvalue weighted by molar-refractivity contribution is 0.312. The van der Waals surface area contributed by atoms with E-state index in [4.69, 9.17) is 10.1 Å². The number of hydrogen-bond donors (Lipinski definition) is 1. The molecule has 1 aromatic rings. The van der Waals surface area contributed by atoms with Crippen molar-refractivity contribution >= 4 is 0 Å². The van der Waals surface area contributed by atoms with E-state index in [0.717, 1.165) is 5.92 Å². The van der Waals surface area contributed by atoms with E-state index in [1.54, 1.807) is 5.56 Å². The number of benzene rings is 1. The maximum absolute atomic E-state index is 8.11. The summed E-state index contributed by atoms with van der Waals surface area (Å²) in [7, 11) is 0. The molecule has 2 rings (SSSR count). The standard InChI is InChI=1S/C12H16.HNO2/c1-3-7-11(8-4-1)12-9-5-2-6-10-12;2-1-3/h1,3-4,7-8,12H,2,5-6,9-10H2;(H,2,3). The van der Waals surface area contributed by atoms with Gasteiger partial charge in [0.15, 0.2) is 5.34 Å². The van der Waals surface area contributed by atoms with Crippen LogP contribution in [0, 0.1) is 4.91 Å². The van der Waals surface area contributed by atoms with Gasteiger partial charge in [-0.25, -0.2) is 0 Å². The van der Waals surface area contributed by atoms with Crippen LogP contribution >= 0.6 is 0 Å². The smallest absolute Gasteiger partial charge is 0.152 e. The summed E-state index contributed by atoms with van der Waals surface area (Å²) in [5, 5.41) is 7.89. The van der Waals surface area contributed by atoms with E-state index in [1.165, 1.54) is 37.4 Å². The van der Waals surface area contributed by atoms with Gasteiger partial charge in [-0.3, -0.25) is 0 Å². The average molecular weight is 207 g/mol. The minimum atomic E-state index is 0.861. The molecule has 3 nitrogen and oxygen atoms in total. The molecule has 0 aliphatic heterocycles. The zero-order valence-electron chi connectivity index (χ0n) is 8.80. The molecule has 0 atom stereocenters. The van der Waals surface area contributed by atoms with Gasteiger partial charge in [-0.2, -0.15) is 0 Å². The summed E-state index contributed by atoms with van der Waals surface area (Å²) < 4.78 is 0. The minimum absolute atomic E-state index is 0.861. The minimum Gasteiger partial charge on any atom is -0.379 e. The van der Waals surface area contributed by atoms with E-state index in [-0.39, 0.29) is 0 Å². The molecule has 3 heteroatoms. The Labute approximate surface area is 90.1 Å². The van der Waals surface area contributed by atoms with Crippen molar-refractivity contribution in [3.8, 4) is 0 Å². The van der Waals surface area contributed by atoms with E-state index in [1.807, 2.05) is 0 Å². The van der Waals surface area contributed by atoms with Gasteiger partial charge in [-0.05, 0) is 24.3 Å². The average Bonchev–Trinajstić information content (AvgIpc) is 2.32. The maximum Gasteiger partial charge on any atom is 0.152 e. The van der Waals surface area contributed by atoms with Crippen LogP contribution in [0.2, 0.25) is 0 Å². The summed E-state index contributed by atoms with van der Waals surface area (Å²) in [6.45, 7) is 0. The number of hydrogen-bond acceptors (Lipinski definition) is 2. The summed E-state index contributed by atoms with van der Waals surface area (Å²) in [5.41, 5.74) is 1.55. The van der Waals surface area contributed by atoms with Crippen LogP contribution in [0.4, 0.5) is 0 Å². The summed E-state index contributed by atoms with van der Waals surface area (Å²) in [6, 6.07) is 11.0. The summed E-state index contributed by atoms with van der Waals surface area (Å²) in [6.07, 6.45) is 7.12. The van der Waals surface area contributed by atoms with Crippen molar-refractivity contribution in [3.05, 3.63) is 40.8 Å². The number of nitrogens with zero attached hydrogens (tertiary/aromatic N) is 1. The number of rotatable bonds is 1. The first-order valence-electron chi connectivity index (χ1n) is 5.40. The highest BCUT2D eigenvalue weighted by Gasteiger charge is 2.14. The third-order valence-corrected chi connectivity index (χ3v) is 2.88. The molecule has 0 heterocycles. The van der Waals surface area contributed by atoms with Crippen LogP contribution in [-0.2, 0) is 0 Å². The van der Waals surface area contributed by atoms with Crippen molar-refractivity contribution in [1.82, 2.24) is 0 Å². The Morgan fingerprint density at radius 2 is 1.60 bits per heavy atom. The molecule has 1 aromatic carbocycles. The zero-order valence-corrected chi connectivity index (χ0v) is 8.80. The summed E-state index contributed by atoms with van der Waals surface area (Å²) >= 11 is 0. The second-order valence-corrected chi connectivity index (χ2v) is 3.83. The SMILES string of the molecule is O=NO.c1ccc(C2CCCCC2)cc1. The molecule has 0 amide bonds. The van der Waals surface area contributed by atoms with Gasteiger partial charge in [0.05, 0.1) is 0 Å². The topological polar surface area (TPSA) is 49.7 Å². The van der Waals surface area contributed by atoms with Crippen molar-refractivity contribution in [2.45, 2.75) is 38.0 Å². The molecule has 1 fully saturated rings. The third-order valence-electron chi connectivity index (χ3n) is 2.88. The molecule has 0 unspecified atom stereocenters. The van der Waals surface area contributed by atoms with Crippen LogP contribution in [0.15, 0.2) is 35.7 Å². The normalized spacial score (nSPS) is 16.3. The monoisotopic (exact) mass is 207 g/mol. The molecule has 0 bridgehead atoms. The highest BCUT2D eigenvalue weighted by atomic mass is 16.6. The molecular weight excluding hydrogens is 190 g/mol. The van der Waals surface area contributed by atoms with Crippen molar-refractivity contribution in [3.63, 3.8) is 0 Å². The lowest BCUT2D eigenvalue weighted by Crippen LogP contribution is -2.03. The Morgan fingerprint density at radius 1 is 1.07 bits per heavy atom. The predicted molar refractivity (Wildman–Crippen MR) is 59.8 cm³/mol. The first kappa shape index (κ1) is 11.7. The fourth-order valence-electron chi connectivity index (χ4n) is 2.16. The molecule has 0 saturated heterocycles. The summed E-state index contributed by atoms with van der Waals surface area (Å²) in [4.78, 5) is 8.11. The predicted octanol–water partition coefficient (Wildman–Crippen LogP) is 3.88. The van der Waals surface area contributed by atoms with Crippen molar-refractivity contribution < 1.29 is 5.21 Å². The Morgan fingerprint density at radius 3 is 2.13 bits per heavy atom. The Hall–Kier alpha value is -1.38.